The van der Waals surface area contributed by atoms with Crippen molar-refractivity contribution in [2.45, 2.75) is 18.9 Å². The summed E-state index contributed by atoms with van der Waals surface area (Å²) in [6, 6.07) is 4.31. The number of aromatic hydroxyl groups is 1. The van der Waals surface area contributed by atoms with Crippen LogP contribution in [0, 0.1) is 0 Å². The Morgan fingerprint density at radius 2 is 2.32 bits per heavy atom. The zero-order chi connectivity index (χ0) is 15.9. The van der Waals surface area contributed by atoms with Crippen LogP contribution in [0.2, 0.25) is 0 Å². The molecule has 1 heterocycles. The number of nitrogens with zero attached hydrogens (tertiary/aromatic N) is 2. The van der Waals surface area contributed by atoms with Gasteiger partial charge in [-0.05, 0) is 18.1 Å². The Balaban J connectivity index is 2.19. The maximum atomic E-state index is 11.3. The SMILES string of the molecule is C=CCc1cccc(C=N[C@@H](Cc2cnc[nH]2)C(=O)O)c1O. The summed E-state index contributed by atoms with van der Waals surface area (Å²) < 4.78 is 0. The van der Waals surface area contributed by atoms with E-state index in [1.807, 2.05) is 0 Å². The molecule has 0 radical (unpaired) electrons. The molecule has 3 N–H and O–H groups in total. The number of carbonyl (C=O) groups is 1. The van der Waals surface area contributed by atoms with E-state index in [0.717, 1.165) is 5.56 Å². The molecule has 22 heavy (non-hydrogen) atoms. The standard InChI is InChI=1S/C16H17N3O3/c1-2-4-11-5-3-6-12(15(11)20)8-18-14(16(21)22)7-13-9-17-10-19-13/h2-3,5-6,8-10,14,20H,1,4,7H2,(H,17,19)(H,21,22)/t14-/m0/s1. The number of rotatable bonds is 7. The molecule has 1 aromatic heterocycles. The van der Waals surface area contributed by atoms with Crippen molar-refractivity contribution in [1.82, 2.24) is 9.97 Å². The number of phenols is 1. The molecule has 6 nitrogen and oxygen atoms in total. The number of benzene rings is 1. The summed E-state index contributed by atoms with van der Waals surface area (Å²) in [5.74, 6) is -0.940. The normalized spacial score (nSPS) is 12.4. The molecule has 1 atom stereocenters. The second kappa shape index (κ2) is 7.21. The van der Waals surface area contributed by atoms with Crippen molar-refractivity contribution in [1.29, 1.82) is 0 Å². The Morgan fingerprint density at radius 3 is 2.95 bits per heavy atom. The second-order valence-electron chi connectivity index (χ2n) is 4.76. The van der Waals surface area contributed by atoms with Crippen molar-refractivity contribution in [3.63, 3.8) is 0 Å². The van der Waals surface area contributed by atoms with Crippen LogP contribution in [-0.4, -0.2) is 38.4 Å². The summed E-state index contributed by atoms with van der Waals surface area (Å²) in [6.07, 6.45) is 6.87. The van der Waals surface area contributed by atoms with E-state index < -0.39 is 12.0 Å². The van der Waals surface area contributed by atoms with Crippen molar-refractivity contribution in [2.24, 2.45) is 4.99 Å². The average Bonchev–Trinajstić information content (AvgIpc) is 2.99. The molecule has 0 bridgehead atoms. The van der Waals surface area contributed by atoms with E-state index in [1.54, 1.807) is 30.5 Å². The number of phenolic OH excluding ortho intramolecular Hbond substituents is 1. The number of carboxylic acids is 1. The number of nitrogens with one attached hydrogen (secondary N) is 1. The minimum atomic E-state index is -1.03. The van der Waals surface area contributed by atoms with Gasteiger partial charge in [-0.3, -0.25) is 4.99 Å². The highest BCUT2D eigenvalue weighted by Gasteiger charge is 2.17. The second-order valence-corrected chi connectivity index (χ2v) is 4.76. The molecule has 2 aromatic rings. The molecule has 2 rings (SSSR count). The molecule has 0 saturated carbocycles. The van der Waals surface area contributed by atoms with Gasteiger partial charge in [0.25, 0.3) is 0 Å². The lowest BCUT2D eigenvalue weighted by Gasteiger charge is -2.07. The molecular formula is C16H17N3O3. The van der Waals surface area contributed by atoms with E-state index >= 15 is 0 Å². The van der Waals surface area contributed by atoms with Gasteiger partial charge in [-0.1, -0.05) is 18.2 Å². The van der Waals surface area contributed by atoms with Crippen molar-refractivity contribution >= 4 is 12.2 Å². The van der Waals surface area contributed by atoms with E-state index in [1.165, 1.54) is 12.5 Å². The number of hydrogen-bond acceptors (Lipinski definition) is 4. The Labute approximate surface area is 127 Å². The highest BCUT2D eigenvalue weighted by molar-refractivity contribution is 5.86. The summed E-state index contributed by atoms with van der Waals surface area (Å²) >= 11 is 0. The smallest absolute Gasteiger partial charge is 0.328 e. The van der Waals surface area contributed by atoms with Crippen LogP contribution in [0.25, 0.3) is 0 Å². The van der Waals surface area contributed by atoms with E-state index in [2.05, 4.69) is 21.5 Å². The predicted octanol–water partition coefficient (Wildman–Crippen LogP) is 1.96. The van der Waals surface area contributed by atoms with Crippen molar-refractivity contribution in [2.75, 3.05) is 0 Å². The lowest BCUT2D eigenvalue weighted by molar-refractivity contribution is -0.138. The maximum absolute atomic E-state index is 11.3. The fourth-order valence-corrected chi connectivity index (χ4v) is 2.01. The van der Waals surface area contributed by atoms with Gasteiger partial charge in [-0.25, -0.2) is 9.78 Å². The summed E-state index contributed by atoms with van der Waals surface area (Å²) in [4.78, 5) is 22.0. The number of H-pyrrole nitrogens is 1. The summed E-state index contributed by atoms with van der Waals surface area (Å²) in [6.45, 7) is 3.63. The minimum absolute atomic E-state index is 0.0943. The number of aromatic nitrogens is 2. The van der Waals surface area contributed by atoms with Crippen LogP contribution in [0.3, 0.4) is 0 Å². The molecule has 0 amide bonds. The van der Waals surface area contributed by atoms with Crippen LogP contribution in [0.4, 0.5) is 0 Å². The van der Waals surface area contributed by atoms with Crippen molar-refractivity contribution in [3.05, 3.63) is 60.2 Å². The van der Waals surface area contributed by atoms with Crippen LogP contribution in [0.15, 0.2) is 48.4 Å². The Bertz CT molecular complexity index is 678. The predicted molar refractivity (Wildman–Crippen MR) is 83.3 cm³/mol. The largest absolute Gasteiger partial charge is 0.507 e. The van der Waals surface area contributed by atoms with Gasteiger partial charge in [0.15, 0.2) is 6.04 Å². The number of allylic oxidation sites excluding steroid dienone is 1. The molecular weight excluding hydrogens is 282 g/mol. The topological polar surface area (TPSA) is 98.6 Å². The number of carboxylic acid groups (broad SMARTS) is 1. The van der Waals surface area contributed by atoms with Gasteiger partial charge in [0.1, 0.15) is 5.75 Å². The third-order valence-corrected chi connectivity index (χ3v) is 3.16. The van der Waals surface area contributed by atoms with E-state index in [0.29, 0.717) is 17.7 Å². The van der Waals surface area contributed by atoms with Crippen LogP contribution in [0.1, 0.15) is 16.8 Å². The maximum Gasteiger partial charge on any atom is 0.328 e. The molecule has 0 spiro atoms. The van der Waals surface area contributed by atoms with Crippen LogP contribution < -0.4 is 0 Å². The fourth-order valence-electron chi connectivity index (χ4n) is 2.01. The zero-order valence-corrected chi connectivity index (χ0v) is 11.9. The zero-order valence-electron chi connectivity index (χ0n) is 11.9. The van der Waals surface area contributed by atoms with E-state index in [-0.39, 0.29) is 12.2 Å². The number of imidazole rings is 1. The molecule has 6 heteroatoms. The number of aliphatic carboxylic acids is 1. The van der Waals surface area contributed by atoms with Crippen molar-refractivity contribution in [3.8, 4) is 5.75 Å². The number of para-hydroxylation sites is 1. The van der Waals surface area contributed by atoms with Gasteiger partial charge >= 0.3 is 5.97 Å². The molecule has 0 aliphatic carbocycles. The molecule has 0 aliphatic heterocycles. The molecule has 0 fully saturated rings. The summed E-state index contributed by atoms with van der Waals surface area (Å²) in [7, 11) is 0. The monoisotopic (exact) mass is 299 g/mol. The number of aliphatic imine (C=N–C) groups is 1. The van der Waals surface area contributed by atoms with Crippen LogP contribution in [-0.2, 0) is 17.6 Å². The van der Waals surface area contributed by atoms with Gasteiger partial charge in [-0.2, -0.15) is 0 Å². The van der Waals surface area contributed by atoms with Gasteiger partial charge in [0.05, 0.1) is 6.33 Å². The number of aromatic amines is 1. The average molecular weight is 299 g/mol. The first kappa shape index (κ1) is 15.5. The summed E-state index contributed by atoms with van der Waals surface area (Å²) in [5, 5.41) is 19.4. The molecule has 114 valence electrons. The minimum Gasteiger partial charge on any atom is -0.507 e. The first-order chi connectivity index (χ1) is 10.6. The number of hydrogen-bond donors (Lipinski definition) is 3. The van der Waals surface area contributed by atoms with Gasteiger partial charge in [0.2, 0.25) is 0 Å². The third-order valence-electron chi connectivity index (χ3n) is 3.16. The van der Waals surface area contributed by atoms with Gasteiger partial charge in [-0.15, -0.1) is 6.58 Å². The van der Waals surface area contributed by atoms with Gasteiger partial charge in [0, 0.05) is 30.1 Å². The lowest BCUT2D eigenvalue weighted by atomic mass is 10.1. The van der Waals surface area contributed by atoms with Crippen molar-refractivity contribution < 1.29 is 15.0 Å². The summed E-state index contributed by atoms with van der Waals surface area (Å²) in [5.41, 5.74) is 1.89. The first-order valence-electron chi connectivity index (χ1n) is 6.76. The molecule has 0 aliphatic rings. The highest BCUT2D eigenvalue weighted by Crippen LogP contribution is 2.22. The Kier molecular flexibility index (Phi) is 5.08. The third kappa shape index (κ3) is 3.82. The van der Waals surface area contributed by atoms with E-state index in [9.17, 15) is 15.0 Å². The van der Waals surface area contributed by atoms with Crippen LogP contribution >= 0.6 is 0 Å². The molecule has 1 aromatic carbocycles. The van der Waals surface area contributed by atoms with E-state index in [4.69, 9.17) is 0 Å². The Hall–Kier alpha value is -2.89. The van der Waals surface area contributed by atoms with Crippen LogP contribution in [0.5, 0.6) is 5.75 Å². The quantitative estimate of drug-likeness (QED) is 0.537. The fraction of sp³-hybridized carbons (Fsp3) is 0.188. The molecule has 0 unspecified atom stereocenters. The Morgan fingerprint density at radius 1 is 1.50 bits per heavy atom. The van der Waals surface area contributed by atoms with Gasteiger partial charge < -0.3 is 15.2 Å². The molecule has 0 saturated heterocycles. The highest BCUT2D eigenvalue weighted by atomic mass is 16.4. The first-order valence-corrected chi connectivity index (χ1v) is 6.76. The lowest BCUT2D eigenvalue weighted by Crippen LogP contribution is -2.21.